The minimum absolute atomic E-state index is 0.0656. The van der Waals surface area contributed by atoms with Crippen molar-refractivity contribution in [3.05, 3.63) is 0 Å². The number of amides is 1. The van der Waals surface area contributed by atoms with Crippen molar-refractivity contribution in [2.45, 2.75) is 57.4 Å². The lowest BCUT2D eigenvalue weighted by Crippen LogP contribution is -2.44. The molecule has 18 heavy (non-hydrogen) atoms. The summed E-state index contributed by atoms with van der Waals surface area (Å²) < 4.78 is 0. The number of unbranched alkanes of at least 4 members (excludes halogenated alkanes) is 2. The van der Waals surface area contributed by atoms with Crippen LogP contribution < -0.4 is 0 Å². The summed E-state index contributed by atoms with van der Waals surface area (Å²) in [6.45, 7) is 0.700. The van der Waals surface area contributed by atoms with Crippen LogP contribution in [0.15, 0.2) is 0 Å². The number of aliphatic carboxylic acids is 1. The Morgan fingerprint density at radius 3 is 2.78 bits per heavy atom. The first kappa shape index (κ1) is 14.6. The van der Waals surface area contributed by atoms with Crippen LogP contribution in [-0.2, 0) is 9.59 Å². The van der Waals surface area contributed by atoms with Gasteiger partial charge >= 0.3 is 5.97 Å². The first-order valence-corrected chi connectivity index (χ1v) is 6.60. The number of terminal acetylenes is 1. The molecular formula is C14H21NO3. The van der Waals surface area contributed by atoms with E-state index in [4.69, 9.17) is 11.5 Å². The van der Waals surface area contributed by atoms with Gasteiger partial charge in [-0.3, -0.25) is 9.59 Å². The quantitative estimate of drug-likeness (QED) is 0.580. The van der Waals surface area contributed by atoms with Gasteiger partial charge in [0.15, 0.2) is 0 Å². The summed E-state index contributed by atoms with van der Waals surface area (Å²) in [5.41, 5.74) is 0. The fourth-order valence-electron chi connectivity index (χ4n) is 2.39. The van der Waals surface area contributed by atoms with Crippen LogP contribution in [0.1, 0.15) is 51.4 Å². The van der Waals surface area contributed by atoms with E-state index in [-0.39, 0.29) is 18.4 Å². The van der Waals surface area contributed by atoms with Gasteiger partial charge in [-0.15, -0.1) is 12.3 Å². The molecule has 4 nitrogen and oxygen atoms in total. The third-order valence-corrected chi connectivity index (χ3v) is 3.32. The Labute approximate surface area is 108 Å². The molecule has 1 unspecified atom stereocenters. The van der Waals surface area contributed by atoms with Gasteiger partial charge in [0, 0.05) is 25.4 Å². The van der Waals surface area contributed by atoms with Crippen LogP contribution in [0.25, 0.3) is 0 Å². The SMILES string of the molecule is C#CCCCCC(=O)N1CCCCC1CC(=O)O. The standard InChI is InChI=1S/C14H21NO3/c1-2-3-4-5-9-13(16)15-10-7-6-8-12(15)11-14(17)18/h1,12H,3-11H2,(H,17,18). The van der Waals surface area contributed by atoms with Gasteiger partial charge < -0.3 is 10.0 Å². The number of likely N-dealkylation sites (tertiary alicyclic amines) is 1. The van der Waals surface area contributed by atoms with Crippen LogP contribution in [0.3, 0.4) is 0 Å². The summed E-state index contributed by atoms with van der Waals surface area (Å²) >= 11 is 0. The van der Waals surface area contributed by atoms with E-state index in [9.17, 15) is 9.59 Å². The second-order valence-corrected chi connectivity index (χ2v) is 4.75. The number of carbonyl (C=O) groups is 2. The predicted octanol–water partition coefficient (Wildman–Crippen LogP) is 2.04. The van der Waals surface area contributed by atoms with E-state index in [2.05, 4.69) is 5.92 Å². The van der Waals surface area contributed by atoms with Crippen molar-refractivity contribution < 1.29 is 14.7 Å². The van der Waals surface area contributed by atoms with E-state index < -0.39 is 5.97 Å². The third kappa shape index (κ3) is 4.79. The van der Waals surface area contributed by atoms with Crippen molar-refractivity contribution in [2.75, 3.05) is 6.54 Å². The lowest BCUT2D eigenvalue weighted by Gasteiger charge is -2.35. The largest absolute Gasteiger partial charge is 0.481 e. The molecule has 1 fully saturated rings. The van der Waals surface area contributed by atoms with Gasteiger partial charge in [0.25, 0.3) is 0 Å². The van der Waals surface area contributed by atoms with E-state index >= 15 is 0 Å². The minimum Gasteiger partial charge on any atom is -0.481 e. The number of piperidine rings is 1. The van der Waals surface area contributed by atoms with Crippen molar-refractivity contribution in [3.63, 3.8) is 0 Å². The molecule has 1 N–H and O–H groups in total. The van der Waals surface area contributed by atoms with Gasteiger partial charge in [-0.1, -0.05) is 0 Å². The molecule has 0 aromatic rings. The van der Waals surface area contributed by atoms with Crippen LogP contribution in [0.2, 0.25) is 0 Å². The monoisotopic (exact) mass is 251 g/mol. The Balaban J connectivity index is 2.42. The van der Waals surface area contributed by atoms with E-state index in [0.717, 1.165) is 32.1 Å². The second-order valence-electron chi connectivity index (χ2n) is 4.75. The van der Waals surface area contributed by atoms with Gasteiger partial charge in [-0.2, -0.15) is 0 Å². The molecule has 0 aromatic heterocycles. The minimum atomic E-state index is -0.827. The van der Waals surface area contributed by atoms with E-state index in [1.807, 2.05) is 0 Å². The molecule has 1 saturated heterocycles. The topological polar surface area (TPSA) is 57.6 Å². The van der Waals surface area contributed by atoms with Crippen molar-refractivity contribution in [3.8, 4) is 12.3 Å². The summed E-state index contributed by atoms with van der Waals surface area (Å²) in [5, 5.41) is 8.85. The van der Waals surface area contributed by atoms with Gasteiger partial charge in [-0.25, -0.2) is 0 Å². The van der Waals surface area contributed by atoms with E-state index in [1.54, 1.807) is 4.90 Å². The van der Waals surface area contributed by atoms with Crippen LogP contribution in [0, 0.1) is 12.3 Å². The molecular weight excluding hydrogens is 230 g/mol. The molecule has 0 aromatic carbocycles. The number of nitrogens with zero attached hydrogens (tertiary/aromatic N) is 1. The zero-order valence-corrected chi connectivity index (χ0v) is 10.7. The van der Waals surface area contributed by atoms with Crippen molar-refractivity contribution in [1.82, 2.24) is 4.90 Å². The molecule has 1 heterocycles. The molecule has 0 spiro atoms. The van der Waals surface area contributed by atoms with E-state index in [1.165, 1.54) is 0 Å². The highest BCUT2D eigenvalue weighted by molar-refractivity contribution is 5.77. The summed E-state index contributed by atoms with van der Waals surface area (Å²) in [4.78, 5) is 24.6. The fourth-order valence-corrected chi connectivity index (χ4v) is 2.39. The fraction of sp³-hybridized carbons (Fsp3) is 0.714. The first-order chi connectivity index (χ1) is 8.65. The van der Waals surface area contributed by atoms with Gasteiger partial charge in [0.1, 0.15) is 0 Å². The highest BCUT2D eigenvalue weighted by Gasteiger charge is 2.27. The lowest BCUT2D eigenvalue weighted by atomic mass is 9.98. The Morgan fingerprint density at radius 1 is 1.33 bits per heavy atom. The normalized spacial score (nSPS) is 19.3. The molecule has 0 saturated carbocycles. The molecule has 1 aliphatic heterocycles. The number of hydrogen-bond donors (Lipinski definition) is 1. The molecule has 1 aliphatic rings. The van der Waals surface area contributed by atoms with Gasteiger partial charge in [-0.05, 0) is 32.1 Å². The highest BCUT2D eigenvalue weighted by Crippen LogP contribution is 2.21. The third-order valence-electron chi connectivity index (χ3n) is 3.32. The number of rotatable bonds is 6. The Morgan fingerprint density at radius 2 is 2.11 bits per heavy atom. The second kappa shape index (κ2) is 7.75. The number of hydrogen-bond acceptors (Lipinski definition) is 2. The molecule has 4 heteroatoms. The zero-order chi connectivity index (χ0) is 13.4. The number of carboxylic acids is 1. The molecule has 100 valence electrons. The maximum Gasteiger partial charge on any atom is 0.305 e. The van der Waals surface area contributed by atoms with Crippen LogP contribution in [0.5, 0.6) is 0 Å². The molecule has 0 bridgehead atoms. The van der Waals surface area contributed by atoms with E-state index in [0.29, 0.717) is 19.4 Å². The smallest absolute Gasteiger partial charge is 0.305 e. The molecule has 0 radical (unpaired) electrons. The van der Waals surface area contributed by atoms with Crippen molar-refractivity contribution in [2.24, 2.45) is 0 Å². The summed E-state index contributed by atoms with van der Waals surface area (Å²) in [6.07, 6.45) is 10.9. The lowest BCUT2D eigenvalue weighted by molar-refractivity contribution is -0.142. The Kier molecular flexibility index (Phi) is 6.27. The molecule has 1 amide bonds. The van der Waals surface area contributed by atoms with Crippen LogP contribution in [0.4, 0.5) is 0 Å². The van der Waals surface area contributed by atoms with Crippen LogP contribution >= 0.6 is 0 Å². The number of carbonyl (C=O) groups excluding carboxylic acids is 1. The molecule has 1 rings (SSSR count). The average molecular weight is 251 g/mol. The molecule has 0 aliphatic carbocycles. The van der Waals surface area contributed by atoms with Crippen molar-refractivity contribution in [1.29, 1.82) is 0 Å². The van der Waals surface area contributed by atoms with Gasteiger partial charge in [0.05, 0.1) is 6.42 Å². The highest BCUT2D eigenvalue weighted by atomic mass is 16.4. The Bertz CT molecular complexity index is 332. The van der Waals surface area contributed by atoms with Crippen molar-refractivity contribution >= 4 is 11.9 Å². The number of carboxylic acid groups (broad SMARTS) is 1. The first-order valence-electron chi connectivity index (χ1n) is 6.60. The maximum absolute atomic E-state index is 12.0. The average Bonchev–Trinajstić information content (AvgIpc) is 2.34. The van der Waals surface area contributed by atoms with Gasteiger partial charge in [0.2, 0.25) is 5.91 Å². The molecule has 1 atom stereocenters. The Hall–Kier alpha value is -1.50. The van der Waals surface area contributed by atoms with Crippen LogP contribution in [-0.4, -0.2) is 34.5 Å². The summed E-state index contributed by atoms with van der Waals surface area (Å²) in [6, 6.07) is -0.114. The zero-order valence-electron chi connectivity index (χ0n) is 10.7. The summed E-state index contributed by atoms with van der Waals surface area (Å²) in [7, 11) is 0. The maximum atomic E-state index is 12.0. The summed E-state index contributed by atoms with van der Waals surface area (Å²) in [5.74, 6) is 1.81. The predicted molar refractivity (Wildman–Crippen MR) is 68.9 cm³/mol.